The number of amidine groups is 1. The number of aryl methyl sites for hydroxylation is 1. The van der Waals surface area contributed by atoms with Crippen LogP contribution >= 0.6 is 35.0 Å². The van der Waals surface area contributed by atoms with E-state index in [1.54, 1.807) is 12.1 Å². The van der Waals surface area contributed by atoms with Crippen molar-refractivity contribution >= 4 is 46.1 Å². The van der Waals surface area contributed by atoms with Crippen molar-refractivity contribution in [1.82, 2.24) is 5.32 Å². The number of carbonyl (C=O) groups excluding carboxylic acids is 1. The monoisotopic (exact) mass is 507 g/mol. The topological polar surface area (TPSA) is 85.9 Å². The third-order valence-corrected chi connectivity index (χ3v) is 6.30. The normalized spacial score (nSPS) is 15.8. The van der Waals surface area contributed by atoms with E-state index in [1.165, 1.54) is 17.3 Å². The molecule has 1 heterocycles. The minimum atomic E-state index is -0.596. The molecule has 1 atom stereocenters. The first-order valence-electron chi connectivity index (χ1n) is 10.6. The molecule has 2 aromatic carbocycles. The standard InChI is InChI=1S/C24H27Cl2N3O3S/c1-33-24-28-20(15-31-13-11-27)21(22(29-24)17-9-10-18(25)19(26)14-17)23(30)32-12-5-8-16-6-3-2-4-7-16/h2-4,6-7,9-10,14,22H,5,8,11-13,15,27H2,1H3,(H,28,29). The number of rotatable bonds is 10. The number of nitrogens with one attached hydrogen (secondary N) is 1. The van der Waals surface area contributed by atoms with Crippen LogP contribution in [0, 0.1) is 0 Å². The Morgan fingerprint density at radius 1 is 1.15 bits per heavy atom. The highest BCUT2D eigenvalue weighted by molar-refractivity contribution is 8.13. The number of thioether (sulfide) groups is 1. The number of hydrogen-bond acceptors (Lipinski definition) is 7. The van der Waals surface area contributed by atoms with Gasteiger partial charge in [-0.25, -0.2) is 9.79 Å². The SMILES string of the molecule is CSC1=NC(c2ccc(Cl)c(Cl)c2)C(C(=O)OCCCc2ccccc2)=C(COCCN)N1. The molecule has 176 valence electrons. The third kappa shape index (κ3) is 7.22. The maximum absolute atomic E-state index is 13.2. The van der Waals surface area contributed by atoms with Gasteiger partial charge in [-0.2, -0.15) is 0 Å². The number of halogens is 2. The molecule has 0 spiro atoms. The molecule has 0 bridgehead atoms. The van der Waals surface area contributed by atoms with Crippen LogP contribution in [0.15, 0.2) is 64.8 Å². The summed E-state index contributed by atoms with van der Waals surface area (Å²) >= 11 is 13.8. The summed E-state index contributed by atoms with van der Waals surface area (Å²) in [6.07, 6.45) is 3.44. The second-order valence-electron chi connectivity index (χ2n) is 7.30. The van der Waals surface area contributed by atoms with Gasteiger partial charge in [-0.1, -0.05) is 71.4 Å². The first kappa shape index (κ1) is 25.6. The Morgan fingerprint density at radius 3 is 2.64 bits per heavy atom. The molecule has 9 heteroatoms. The summed E-state index contributed by atoms with van der Waals surface area (Å²) in [5.74, 6) is -0.443. The van der Waals surface area contributed by atoms with Gasteiger partial charge in [0, 0.05) is 6.54 Å². The molecule has 0 amide bonds. The van der Waals surface area contributed by atoms with Crippen LogP contribution in [0.3, 0.4) is 0 Å². The first-order valence-corrected chi connectivity index (χ1v) is 12.6. The first-order chi connectivity index (χ1) is 16.0. The average molecular weight is 508 g/mol. The molecular formula is C24H27Cl2N3O3S. The zero-order valence-corrected chi connectivity index (χ0v) is 20.7. The molecule has 3 rings (SSSR count). The summed E-state index contributed by atoms with van der Waals surface area (Å²) in [6, 6.07) is 14.7. The molecule has 0 aromatic heterocycles. The maximum atomic E-state index is 13.2. The second-order valence-corrected chi connectivity index (χ2v) is 8.91. The third-order valence-electron chi connectivity index (χ3n) is 4.97. The Labute approximate surface area is 208 Å². The van der Waals surface area contributed by atoms with E-state index in [9.17, 15) is 4.79 Å². The van der Waals surface area contributed by atoms with Crippen molar-refractivity contribution in [1.29, 1.82) is 0 Å². The lowest BCUT2D eigenvalue weighted by molar-refractivity contribution is -0.139. The van der Waals surface area contributed by atoms with Crippen LogP contribution in [0.1, 0.15) is 23.6 Å². The molecule has 1 aliphatic heterocycles. The molecule has 33 heavy (non-hydrogen) atoms. The van der Waals surface area contributed by atoms with Crippen LogP contribution in [0.4, 0.5) is 0 Å². The molecule has 6 nitrogen and oxygen atoms in total. The number of esters is 1. The maximum Gasteiger partial charge on any atom is 0.338 e. The fourth-order valence-electron chi connectivity index (χ4n) is 3.37. The average Bonchev–Trinajstić information content (AvgIpc) is 2.83. The van der Waals surface area contributed by atoms with E-state index in [2.05, 4.69) is 17.4 Å². The van der Waals surface area contributed by atoms with Crippen molar-refractivity contribution < 1.29 is 14.3 Å². The van der Waals surface area contributed by atoms with E-state index < -0.39 is 12.0 Å². The van der Waals surface area contributed by atoms with Crippen molar-refractivity contribution in [2.45, 2.75) is 18.9 Å². The van der Waals surface area contributed by atoms with Gasteiger partial charge in [-0.3, -0.25) is 0 Å². The van der Waals surface area contributed by atoms with Gasteiger partial charge >= 0.3 is 5.97 Å². The quantitative estimate of drug-likeness (QED) is 0.356. The number of hydrogen-bond donors (Lipinski definition) is 2. The minimum Gasteiger partial charge on any atom is -0.462 e. The Morgan fingerprint density at radius 2 is 1.94 bits per heavy atom. The van der Waals surface area contributed by atoms with Crippen LogP contribution in [0.5, 0.6) is 0 Å². The summed E-state index contributed by atoms with van der Waals surface area (Å²) < 4.78 is 11.3. The molecule has 0 saturated heterocycles. The summed E-state index contributed by atoms with van der Waals surface area (Å²) in [5.41, 5.74) is 8.50. The number of nitrogens with zero attached hydrogens (tertiary/aromatic N) is 1. The molecule has 1 unspecified atom stereocenters. The Balaban J connectivity index is 1.82. The highest BCUT2D eigenvalue weighted by Gasteiger charge is 2.32. The molecule has 1 aliphatic rings. The number of ether oxygens (including phenoxy) is 2. The van der Waals surface area contributed by atoms with Crippen molar-refractivity contribution in [3.63, 3.8) is 0 Å². The van der Waals surface area contributed by atoms with Gasteiger partial charge in [0.25, 0.3) is 0 Å². The van der Waals surface area contributed by atoms with Crippen LogP contribution < -0.4 is 11.1 Å². The molecular weight excluding hydrogens is 481 g/mol. The Hall–Kier alpha value is -2.03. The number of aliphatic imine (C=N–C) groups is 1. The number of carbonyl (C=O) groups is 1. The van der Waals surface area contributed by atoms with Gasteiger partial charge < -0.3 is 20.5 Å². The lowest BCUT2D eigenvalue weighted by Crippen LogP contribution is -2.34. The van der Waals surface area contributed by atoms with E-state index in [1.807, 2.05) is 30.5 Å². The zero-order chi connectivity index (χ0) is 23.6. The van der Waals surface area contributed by atoms with Crippen molar-refractivity contribution in [2.24, 2.45) is 10.7 Å². The van der Waals surface area contributed by atoms with Crippen LogP contribution in [-0.4, -0.2) is 43.8 Å². The molecule has 0 radical (unpaired) electrons. The van der Waals surface area contributed by atoms with Gasteiger partial charge in [0.1, 0.15) is 6.04 Å². The Kier molecular flexibility index (Phi) is 10.1. The van der Waals surface area contributed by atoms with Crippen LogP contribution in [-0.2, 0) is 20.7 Å². The zero-order valence-electron chi connectivity index (χ0n) is 18.4. The highest BCUT2D eigenvalue weighted by atomic mass is 35.5. The minimum absolute atomic E-state index is 0.184. The highest BCUT2D eigenvalue weighted by Crippen LogP contribution is 2.35. The van der Waals surface area contributed by atoms with Gasteiger partial charge in [-0.15, -0.1) is 0 Å². The lowest BCUT2D eigenvalue weighted by atomic mass is 9.96. The van der Waals surface area contributed by atoms with E-state index in [-0.39, 0.29) is 6.61 Å². The van der Waals surface area contributed by atoms with E-state index in [4.69, 9.17) is 43.4 Å². The van der Waals surface area contributed by atoms with Crippen molar-refractivity contribution in [3.05, 3.63) is 81.0 Å². The molecule has 0 saturated carbocycles. The lowest BCUT2D eigenvalue weighted by Gasteiger charge is -2.27. The van der Waals surface area contributed by atoms with Crippen molar-refractivity contribution in [2.75, 3.05) is 32.6 Å². The van der Waals surface area contributed by atoms with Gasteiger partial charge in [0.05, 0.1) is 41.1 Å². The molecule has 0 aliphatic carbocycles. The van der Waals surface area contributed by atoms with Gasteiger partial charge in [0.2, 0.25) is 0 Å². The summed E-state index contributed by atoms with van der Waals surface area (Å²) in [6.45, 7) is 1.23. The van der Waals surface area contributed by atoms with Crippen LogP contribution in [0.2, 0.25) is 10.0 Å². The number of nitrogens with two attached hydrogens (primary N) is 1. The van der Waals surface area contributed by atoms with Gasteiger partial charge in [0.15, 0.2) is 5.17 Å². The smallest absolute Gasteiger partial charge is 0.338 e. The number of benzene rings is 2. The van der Waals surface area contributed by atoms with Gasteiger partial charge in [-0.05, 0) is 42.4 Å². The van der Waals surface area contributed by atoms with E-state index >= 15 is 0 Å². The summed E-state index contributed by atoms with van der Waals surface area (Å²) in [4.78, 5) is 18.0. The predicted octanol–water partition coefficient (Wildman–Crippen LogP) is 4.76. The van der Waals surface area contributed by atoms with Crippen molar-refractivity contribution in [3.8, 4) is 0 Å². The largest absolute Gasteiger partial charge is 0.462 e. The predicted molar refractivity (Wildman–Crippen MR) is 136 cm³/mol. The second kappa shape index (κ2) is 13.0. The summed E-state index contributed by atoms with van der Waals surface area (Å²) in [7, 11) is 0. The Bertz CT molecular complexity index is 1020. The summed E-state index contributed by atoms with van der Waals surface area (Å²) in [5, 5.41) is 4.69. The van der Waals surface area contributed by atoms with E-state index in [0.717, 1.165) is 12.0 Å². The molecule has 3 N–H and O–H groups in total. The van der Waals surface area contributed by atoms with Crippen LogP contribution in [0.25, 0.3) is 0 Å². The fourth-order valence-corrected chi connectivity index (χ4v) is 4.12. The van der Waals surface area contributed by atoms with E-state index in [0.29, 0.717) is 52.7 Å². The fraction of sp³-hybridized carbons (Fsp3) is 0.333. The molecule has 2 aromatic rings. The molecule has 0 fully saturated rings.